The van der Waals surface area contributed by atoms with Crippen LogP contribution >= 0.6 is 11.6 Å². The quantitative estimate of drug-likeness (QED) is 0.332. The smallest absolute Gasteiger partial charge is 0.344 e. The monoisotopic (exact) mass is 485 g/mol. The minimum absolute atomic E-state index is 0.0432. The summed E-state index contributed by atoms with van der Waals surface area (Å²) in [6.45, 7) is 7.86. The maximum Gasteiger partial charge on any atom is 0.416 e. The molecular weight excluding hydrogens is 463 g/mol. The summed E-state index contributed by atoms with van der Waals surface area (Å²) < 4.78 is 44.0. The molecule has 9 heteroatoms. The van der Waals surface area contributed by atoms with E-state index in [1.54, 1.807) is 6.20 Å². The molecule has 1 aliphatic rings. The second-order valence-electron chi connectivity index (χ2n) is 8.84. The predicted molar refractivity (Wildman–Crippen MR) is 128 cm³/mol. The second kappa shape index (κ2) is 7.91. The van der Waals surface area contributed by atoms with Gasteiger partial charge in [0.15, 0.2) is 0 Å². The van der Waals surface area contributed by atoms with Crippen LogP contribution in [-0.4, -0.2) is 19.3 Å². The number of aromatic nitrogens is 4. The van der Waals surface area contributed by atoms with E-state index in [9.17, 15) is 13.2 Å². The molecule has 1 aliphatic heterocycles. The van der Waals surface area contributed by atoms with Crippen molar-refractivity contribution in [2.45, 2.75) is 46.0 Å². The fraction of sp³-hybridized carbons (Fsp3) is 0.280. The molecule has 4 aromatic rings. The fourth-order valence-electron chi connectivity index (χ4n) is 4.57. The van der Waals surface area contributed by atoms with Gasteiger partial charge in [-0.3, -0.25) is 0 Å². The molecule has 0 bridgehead atoms. The zero-order valence-corrected chi connectivity index (χ0v) is 19.8. The van der Waals surface area contributed by atoms with Crippen LogP contribution in [0.15, 0.2) is 54.4 Å². The number of hydrogen-bond donors (Lipinski definition) is 1. The summed E-state index contributed by atoms with van der Waals surface area (Å²) in [6.07, 6.45) is -2.73. The molecule has 1 unspecified atom stereocenters. The molecule has 176 valence electrons. The van der Waals surface area contributed by atoms with Crippen molar-refractivity contribution in [3.63, 3.8) is 0 Å². The molecule has 3 heterocycles. The predicted octanol–water partition coefficient (Wildman–Crippen LogP) is 7.24. The molecule has 2 aromatic carbocycles. The van der Waals surface area contributed by atoms with Crippen LogP contribution in [0.4, 0.5) is 19.0 Å². The van der Waals surface area contributed by atoms with Crippen LogP contribution in [0.25, 0.3) is 16.6 Å². The number of hydrogen-bond acceptors (Lipinski definition) is 3. The topological polar surface area (TPSA) is 47.7 Å². The van der Waals surface area contributed by atoms with E-state index in [0.29, 0.717) is 21.9 Å². The first-order valence-corrected chi connectivity index (χ1v) is 11.3. The van der Waals surface area contributed by atoms with Gasteiger partial charge in [-0.25, -0.2) is 9.67 Å². The number of allylic oxidation sites excluding steroid dienone is 2. The number of nitrogens with zero attached hydrogens (tertiary/aromatic N) is 4. The Morgan fingerprint density at radius 1 is 1.06 bits per heavy atom. The average molecular weight is 486 g/mol. The van der Waals surface area contributed by atoms with Gasteiger partial charge in [0.05, 0.1) is 22.8 Å². The maximum absolute atomic E-state index is 13.4. The Bertz CT molecular complexity index is 1440. The third-order valence-corrected chi connectivity index (χ3v) is 6.60. The third kappa shape index (κ3) is 3.57. The minimum atomic E-state index is -4.44. The summed E-state index contributed by atoms with van der Waals surface area (Å²) >= 11 is 6.48. The van der Waals surface area contributed by atoms with Gasteiger partial charge in [0.25, 0.3) is 0 Å². The van der Waals surface area contributed by atoms with Crippen molar-refractivity contribution in [1.29, 1.82) is 0 Å². The van der Waals surface area contributed by atoms with Crippen molar-refractivity contribution in [1.82, 2.24) is 19.3 Å². The van der Waals surface area contributed by atoms with Crippen LogP contribution in [0.3, 0.4) is 0 Å². The van der Waals surface area contributed by atoms with E-state index in [2.05, 4.69) is 10.4 Å². The SMILES string of the molecule is CC1=C(c2nc3cc(C(F)(F)F)ccc3n2C(C)C)C(c2ccc(C)c(Cl)c2)n2nccc2N1. The van der Waals surface area contributed by atoms with E-state index in [1.165, 1.54) is 6.07 Å². The van der Waals surface area contributed by atoms with Gasteiger partial charge in [0, 0.05) is 28.4 Å². The summed E-state index contributed by atoms with van der Waals surface area (Å²) in [4.78, 5) is 4.75. The molecule has 0 amide bonds. The summed E-state index contributed by atoms with van der Waals surface area (Å²) in [6, 6.07) is 11.1. The van der Waals surface area contributed by atoms with Gasteiger partial charge >= 0.3 is 6.18 Å². The number of benzene rings is 2. The average Bonchev–Trinajstić information content (AvgIpc) is 3.37. The van der Waals surface area contributed by atoms with E-state index in [0.717, 1.165) is 40.3 Å². The first-order valence-electron chi connectivity index (χ1n) is 10.9. The van der Waals surface area contributed by atoms with Crippen molar-refractivity contribution < 1.29 is 13.2 Å². The summed E-state index contributed by atoms with van der Waals surface area (Å²) in [5.74, 6) is 1.41. The lowest BCUT2D eigenvalue weighted by Crippen LogP contribution is -2.25. The Kier molecular flexibility index (Phi) is 5.24. The Morgan fingerprint density at radius 3 is 2.50 bits per heavy atom. The Morgan fingerprint density at radius 2 is 1.82 bits per heavy atom. The number of fused-ring (bicyclic) bond motifs is 2. The van der Waals surface area contributed by atoms with Crippen LogP contribution in [0.2, 0.25) is 5.02 Å². The van der Waals surface area contributed by atoms with Crippen LogP contribution in [0, 0.1) is 6.92 Å². The third-order valence-electron chi connectivity index (χ3n) is 6.19. The van der Waals surface area contributed by atoms with E-state index < -0.39 is 11.7 Å². The maximum atomic E-state index is 13.4. The molecular formula is C25H23ClF3N5. The summed E-state index contributed by atoms with van der Waals surface area (Å²) in [5, 5.41) is 8.55. The highest BCUT2D eigenvalue weighted by atomic mass is 35.5. The molecule has 2 aromatic heterocycles. The second-order valence-corrected chi connectivity index (χ2v) is 9.24. The van der Waals surface area contributed by atoms with Crippen LogP contribution in [0.5, 0.6) is 0 Å². The van der Waals surface area contributed by atoms with Crippen LogP contribution in [0.1, 0.15) is 55.4 Å². The molecule has 5 rings (SSSR count). The molecule has 1 atom stereocenters. The van der Waals surface area contributed by atoms with E-state index in [4.69, 9.17) is 16.6 Å². The molecule has 5 nitrogen and oxygen atoms in total. The zero-order valence-electron chi connectivity index (χ0n) is 19.1. The van der Waals surface area contributed by atoms with Gasteiger partial charge in [0.2, 0.25) is 0 Å². The number of alkyl halides is 3. The van der Waals surface area contributed by atoms with Gasteiger partial charge in [-0.1, -0.05) is 23.7 Å². The molecule has 0 spiro atoms. The highest BCUT2D eigenvalue weighted by molar-refractivity contribution is 6.31. The van der Waals surface area contributed by atoms with Gasteiger partial charge in [0.1, 0.15) is 17.7 Å². The Balaban J connectivity index is 1.78. The lowest BCUT2D eigenvalue weighted by Gasteiger charge is -2.31. The summed E-state index contributed by atoms with van der Waals surface area (Å²) in [7, 11) is 0. The molecule has 34 heavy (non-hydrogen) atoms. The molecule has 0 saturated heterocycles. The number of imidazole rings is 1. The lowest BCUT2D eigenvalue weighted by atomic mass is 9.94. The normalized spacial score (nSPS) is 16.3. The molecule has 1 N–H and O–H groups in total. The first-order chi connectivity index (χ1) is 16.1. The standard InChI is InChI=1S/C25H23ClF3N5/c1-13(2)33-20-8-7-17(25(27,28)29)12-19(20)32-24(33)22-15(4)31-21-9-10-30-34(21)23(22)16-6-5-14(3)18(26)11-16/h5-13,23,31H,1-4H3. The van der Waals surface area contributed by atoms with Gasteiger partial charge in [-0.2, -0.15) is 18.3 Å². The highest BCUT2D eigenvalue weighted by Crippen LogP contribution is 2.43. The largest absolute Gasteiger partial charge is 0.416 e. The van der Waals surface area contributed by atoms with E-state index >= 15 is 0 Å². The van der Waals surface area contributed by atoms with Crippen LogP contribution in [-0.2, 0) is 6.18 Å². The highest BCUT2D eigenvalue weighted by Gasteiger charge is 2.35. The van der Waals surface area contributed by atoms with Crippen molar-refractivity contribution in [2.75, 3.05) is 5.32 Å². The van der Waals surface area contributed by atoms with Crippen molar-refractivity contribution in [3.05, 3.63) is 81.9 Å². The fourth-order valence-corrected chi connectivity index (χ4v) is 4.76. The number of nitrogens with one attached hydrogen (secondary N) is 1. The first kappa shape index (κ1) is 22.5. The lowest BCUT2D eigenvalue weighted by molar-refractivity contribution is -0.137. The minimum Gasteiger partial charge on any atom is -0.344 e. The summed E-state index contributed by atoms with van der Waals surface area (Å²) in [5.41, 5.74) is 3.77. The van der Waals surface area contributed by atoms with Gasteiger partial charge < -0.3 is 9.88 Å². The number of aryl methyl sites for hydroxylation is 1. The van der Waals surface area contributed by atoms with Crippen molar-refractivity contribution in [3.8, 4) is 0 Å². The van der Waals surface area contributed by atoms with Gasteiger partial charge in [-0.05, 0) is 63.1 Å². The number of rotatable bonds is 3. The Labute approximate surface area is 199 Å². The van der Waals surface area contributed by atoms with Crippen LogP contribution < -0.4 is 5.32 Å². The van der Waals surface area contributed by atoms with Gasteiger partial charge in [-0.15, -0.1) is 0 Å². The molecule has 0 fully saturated rings. The molecule has 0 saturated carbocycles. The number of anilines is 1. The Hall–Kier alpha value is -3.26. The zero-order chi connectivity index (χ0) is 24.4. The molecule has 0 radical (unpaired) electrons. The number of halogens is 4. The van der Waals surface area contributed by atoms with E-state index in [-0.39, 0.29) is 12.1 Å². The van der Waals surface area contributed by atoms with E-state index in [1.807, 2.05) is 61.2 Å². The van der Waals surface area contributed by atoms with Crippen molar-refractivity contribution >= 4 is 34.0 Å². The van der Waals surface area contributed by atoms with Crippen molar-refractivity contribution in [2.24, 2.45) is 0 Å². The molecule has 0 aliphatic carbocycles.